The van der Waals surface area contributed by atoms with Gasteiger partial charge in [0.05, 0.1) is 5.54 Å². The summed E-state index contributed by atoms with van der Waals surface area (Å²) in [5.74, 6) is 0.163. The van der Waals surface area contributed by atoms with Crippen molar-refractivity contribution in [1.29, 1.82) is 0 Å². The maximum absolute atomic E-state index is 12.6. The van der Waals surface area contributed by atoms with Crippen LogP contribution in [0.5, 0.6) is 0 Å². The molecule has 5 nitrogen and oxygen atoms in total. The molecular formula is C14H22N4OS. The van der Waals surface area contributed by atoms with Crippen LogP contribution in [-0.2, 0) is 4.79 Å². The largest absolute Gasteiger partial charge is 0.345 e. The van der Waals surface area contributed by atoms with Gasteiger partial charge in [0, 0.05) is 37.8 Å². The molecule has 1 saturated carbocycles. The highest BCUT2D eigenvalue weighted by atomic mass is 32.1. The highest BCUT2D eigenvalue weighted by Crippen LogP contribution is 2.28. The van der Waals surface area contributed by atoms with Crippen molar-refractivity contribution in [2.75, 3.05) is 31.1 Å². The van der Waals surface area contributed by atoms with Crippen LogP contribution in [0.4, 0.5) is 5.13 Å². The molecule has 2 fully saturated rings. The van der Waals surface area contributed by atoms with Crippen molar-refractivity contribution in [3.05, 3.63) is 11.6 Å². The van der Waals surface area contributed by atoms with E-state index in [4.69, 9.17) is 5.73 Å². The number of carbonyl (C=O) groups is 1. The summed E-state index contributed by atoms with van der Waals surface area (Å²) in [7, 11) is 0. The quantitative estimate of drug-likeness (QED) is 0.897. The molecule has 0 atom stereocenters. The number of thiazole rings is 1. The van der Waals surface area contributed by atoms with E-state index in [1.807, 2.05) is 16.5 Å². The Morgan fingerprint density at radius 1 is 1.20 bits per heavy atom. The summed E-state index contributed by atoms with van der Waals surface area (Å²) < 4.78 is 0. The van der Waals surface area contributed by atoms with E-state index in [1.54, 1.807) is 11.3 Å². The van der Waals surface area contributed by atoms with Gasteiger partial charge in [-0.1, -0.05) is 19.3 Å². The maximum Gasteiger partial charge on any atom is 0.242 e. The number of amides is 1. The molecule has 0 bridgehead atoms. The normalized spacial score (nSPS) is 22.9. The zero-order valence-corrected chi connectivity index (χ0v) is 12.6. The molecule has 1 saturated heterocycles. The van der Waals surface area contributed by atoms with Crippen molar-refractivity contribution >= 4 is 22.4 Å². The number of aromatic nitrogens is 1. The van der Waals surface area contributed by atoms with Crippen molar-refractivity contribution in [1.82, 2.24) is 9.88 Å². The van der Waals surface area contributed by atoms with Gasteiger partial charge in [-0.2, -0.15) is 0 Å². The number of anilines is 1. The minimum absolute atomic E-state index is 0.163. The van der Waals surface area contributed by atoms with E-state index in [-0.39, 0.29) is 5.91 Å². The van der Waals surface area contributed by atoms with E-state index in [2.05, 4.69) is 9.88 Å². The molecule has 0 radical (unpaired) electrons. The Balaban J connectivity index is 1.59. The lowest BCUT2D eigenvalue weighted by atomic mass is 9.81. The Bertz CT molecular complexity index is 448. The first-order chi connectivity index (χ1) is 9.69. The maximum atomic E-state index is 12.6. The van der Waals surface area contributed by atoms with Gasteiger partial charge < -0.3 is 15.5 Å². The van der Waals surface area contributed by atoms with Gasteiger partial charge in [0.25, 0.3) is 0 Å². The minimum Gasteiger partial charge on any atom is -0.345 e. The average Bonchev–Trinajstić information content (AvgIpc) is 3.02. The van der Waals surface area contributed by atoms with Crippen molar-refractivity contribution in [2.24, 2.45) is 5.73 Å². The average molecular weight is 294 g/mol. The van der Waals surface area contributed by atoms with Gasteiger partial charge in [-0.25, -0.2) is 4.98 Å². The second-order valence-corrected chi connectivity index (χ2v) is 6.68. The van der Waals surface area contributed by atoms with Gasteiger partial charge in [-0.3, -0.25) is 4.79 Å². The van der Waals surface area contributed by atoms with E-state index in [0.29, 0.717) is 0 Å². The molecule has 1 aliphatic carbocycles. The van der Waals surface area contributed by atoms with Crippen LogP contribution < -0.4 is 10.6 Å². The van der Waals surface area contributed by atoms with E-state index in [0.717, 1.165) is 57.0 Å². The summed E-state index contributed by atoms with van der Waals surface area (Å²) in [5, 5.41) is 3.04. The van der Waals surface area contributed by atoms with E-state index < -0.39 is 5.54 Å². The highest BCUT2D eigenvalue weighted by Gasteiger charge is 2.39. The fourth-order valence-electron chi connectivity index (χ4n) is 3.18. The molecule has 6 heteroatoms. The van der Waals surface area contributed by atoms with Crippen LogP contribution in [0.15, 0.2) is 11.6 Å². The summed E-state index contributed by atoms with van der Waals surface area (Å²) in [4.78, 5) is 21.2. The third-order valence-electron chi connectivity index (χ3n) is 4.43. The predicted molar refractivity (Wildman–Crippen MR) is 80.9 cm³/mol. The summed E-state index contributed by atoms with van der Waals surface area (Å²) in [6.45, 7) is 3.24. The third-order valence-corrected chi connectivity index (χ3v) is 5.26. The Morgan fingerprint density at radius 2 is 1.90 bits per heavy atom. The molecular weight excluding hydrogens is 272 g/mol. The van der Waals surface area contributed by atoms with Crippen LogP contribution in [0.3, 0.4) is 0 Å². The molecule has 2 heterocycles. The number of rotatable bonds is 2. The number of carbonyl (C=O) groups excluding carboxylic acids is 1. The molecule has 110 valence electrons. The van der Waals surface area contributed by atoms with Gasteiger partial charge in [0.1, 0.15) is 0 Å². The zero-order chi connectivity index (χ0) is 14.0. The number of piperazine rings is 1. The van der Waals surface area contributed by atoms with Crippen molar-refractivity contribution < 1.29 is 4.79 Å². The smallest absolute Gasteiger partial charge is 0.242 e. The van der Waals surface area contributed by atoms with Crippen LogP contribution >= 0.6 is 11.3 Å². The van der Waals surface area contributed by atoms with Crippen molar-refractivity contribution in [3.63, 3.8) is 0 Å². The van der Waals surface area contributed by atoms with Crippen molar-refractivity contribution in [3.8, 4) is 0 Å². The summed E-state index contributed by atoms with van der Waals surface area (Å²) >= 11 is 1.65. The first-order valence-corrected chi connectivity index (χ1v) is 8.30. The van der Waals surface area contributed by atoms with Crippen molar-refractivity contribution in [2.45, 2.75) is 37.6 Å². The first kappa shape index (κ1) is 13.8. The zero-order valence-electron chi connectivity index (χ0n) is 11.8. The van der Waals surface area contributed by atoms with Crippen LogP contribution in [0, 0.1) is 0 Å². The predicted octanol–water partition coefficient (Wildman–Crippen LogP) is 1.45. The fourth-order valence-corrected chi connectivity index (χ4v) is 3.88. The molecule has 1 aliphatic heterocycles. The summed E-state index contributed by atoms with van der Waals surface area (Å²) in [5.41, 5.74) is 5.75. The fraction of sp³-hybridized carbons (Fsp3) is 0.714. The molecule has 2 N–H and O–H groups in total. The Kier molecular flexibility index (Phi) is 3.94. The molecule has 0 unspecified atom stereocenters. The molecule has 20 heavy (non-hydrogen) atoms. The van der Waals surface area contributed by atoms with Crippen LogP contribution in [-0.4, -0.2) is 47.5 Å². The van der Waals surface area contributed by atoms with E-state index in [9.17, 15) is 4.79 Å². The lowest BCUT2D eigenvalue weighted by Crippen LogP contribution is -2.60. The molecule has 0 spiro atoms. The minimum atomic E-state index is -0.596. The molecule has 3 rings (SSSR count). The van der Waals surface area contributed by atoms with Gasteiger partial charge in [-0.15, -0.1) is 11.3 Å². The molecule has 1 aromatic rings. The number of nitrogens with two attached hydrogens (primary N) is 1. The number of nitrogens with zero attached hydrogens (tertiary/aromatic N) is 3. The first-order valence-electron chi connectivity index (χ1n) is 7.42. The Morgan fingerprint density at radius 3 is 2.50 bits per heavy atom. The van der Waals surface area contributed by atoms with Gasteiger partial charge in [0.2, 0.25) is 5.91 Å². The van der Waals surface area contributed by atoms with Crippen LogP contribution in [0.2, 0.25) is 0 Å². The van der Waals surface area contributed by atoms with Gasteiger partial charge >= 0.3 is 0 Å². The molecule has 1 amide bonds. The molecule has 0 aromatic carbocycles. The lowest BCUT2D eigenvalue weighted by molar-refractivity contribution is -0.138. The Hall–Kier alpha value is -1.14. The Labute approximate surface area is 123 Å². The van der Waals surface area contributed by atoms with E-state index in [1.165, 1.54) is 6.42 Å². The van der Waals surface area contributed by atoms with E-state index >= 15 is 0 Å². The number of hydrogen-bond donors (Lipinski definition) is 1. The molecule has 2 aliphatic rings. The highest BCUT2D eigenvalue weighted by molar-refractivity contribution is 7.13. The second kappa shape index (κ2) is 5.69. The topological polar surface area (TPSA) is 62.5 Å². The van der Waals surface area contributed by atoms with Gasteiger partial charge in [-0.05, 0) is 12.8 Å². The van der Waals surface area contributed by atoms with Crippen LogP contribution in [0.1, 0.15) is 32.1 Å². The SMILES string of the molecule is NC1(C(=O)N2CCN(c3nccs3)CC2)CCCCC1. The second-order valence-electron chi connectivity index (χ2n) is 5.81. The third kappa shape index (κ3) is 2.67. The number of hydrogen-bond acceptors (Lipinski definition) is 5. The molecule has 1 aromatic heterocycles. The standard InChI is InChI=1S/C14H22N4OS/c15-14(4-2-1-3-5-14)12(19)17-7-9-18(10-8-17)13-16-6-11-20-13/h6,11H,1-5,7-10,15H2. The monoisotopic (exact) mass is 294 g/mol. The summed E-state index contributed by atoms with van der Waals surface area (Å²) in [6, 6.07) is 0. The lowest BCUT2D eigenvalue weighted by Gasteiger charge is -2.41. The van der Waals surface area contributed by atoms with Gasteiger partial charge in [0.15, 0.2) is 5.13 Å². The summed E-state index contributed by atoms with van der Waals surface area (Å²) in [6.07, 6.45) is 6.90. The van der Waals surface area contributed by atoms with Crippen LogP contribution in [0.25, 0.3) is 0 Å².